The van der Waals surface area contributed by atoms with E-state index in [9.17, 15) is 4.39 Å². The number of halogens is 1. The van der Waals surface area contributed by atoms with Gasteiger partial charge >= 0.3 is 0 Å². The van der Waals surface area contributed by atoms with Gasteiger partial charge in [-0.1, -0.05) is 6.07 Å². The van der Waals surface area contributed by atoms with Crippen LogP contribution >= 0.6 is 11.3 Å². The molecule has 1 saturated heterocycles. The molecule has 3 aromatic rings. The first-order valence-corrected chi connectivity index (χ1v) is 11.5. The van der Waals surface area contributed by atoms with Crippen LogP contribution in [-0.4, -0.2) is 49.1 Å². The third kappa shape index (κ3) is 5.40. The van der Waals surface area contributed by atoms with Crippen molar-refractivity contribution >= 4 is 28.2 Å². The number of guanidine groups is 1. The van der Waals surface area contributed by atoms with E-state index in [1.165, 1.54) is 23.8 Å². The van der Waals surface area contributed by atoms with E-state index in [4.69, 9.17) is 0 Å². The van der Waals surface area contributed by atoms with Crippen molar-refractivity contribution in [3.8, 4) is 0 Å². The summed E-state index contributed by atoms with van der Waals surface area (Å²) >= 11 is 1.84. The lowest BCUT2D eigenvalue weighted by molar-refractivity contribution is 0.179. The Morgan fingerprint density at radius 2 is 2.13 bits per heavy atom. The Balaban J connectivity index is 1.18. The molecule has 1 aliphatic heterocycles. The highest BCUT2D eigenvalue weighted by Crippen LogP contribution is 2.21. The number of H-pyrrole nitrogens is 1. The van der Waals surface area contributed by atoms with Crippen molar-refractivity contribution in [3.05, 3.63) is 58.2 Å². The lowest BCUT2D eigenvalue weighted by Crippen LogP contribution is -2.43. The van der Waals surface area contributed by atoms with Crippen LogP contribution in [0.2, 0.25) is 0 Å². The molecule has 0 atom stereocenters. The van der Waals surface area contributed by atoms with Crippen LogP contribution in [-0.2, 0) is 13.0 Å². The van der Waals surface area contributed by atoms with Gasteiger partial charge in [0, 0.05) is 48.7 Å². The Bertz CT molecular complexity index is 957. The van der Waals surface area contributed by atoms with Crippen LogP contribution in [0, 0.1) is 11.7 Å². The van der Waals surface area contributed by atoms with Gasteiger partial charge in [-0.15, -0.1) is 11.3 Å². The number of aromatic amines is 1. The standard InChI is InChI=1S/C23H30FN5S/c1-25-23(26-9-6-18-15-27-22-5-4-19(24)13-21(18)22)28-14-17-7-10-29(11-8-17)16-20-3-2-12-30-20/h2-5,12-13,15,17,27H,6-11,14,16H2,1H3,(H2,25,26,28). The van der Waals surface area contributed by atoms with Crippen LogP contribution in [0.4, 0.5) is 4.39 Å². The van der Waals surface area contributed by atoms with E-state index in [-0.39, 0.29) is 5.82 Å². The quantitative estimate of drug-likeness (QED) is 0.395. The molecule has 0 aliphatic carbocycles. The average Bonchev–Trinajstić information content (AvgIpc) is 3.41. The second kappa shape index (κ2) is 10.1. The molecule has 30 heavy (non-hydrogen) atoms. The molecule has 0 spiro atoms. The molecule has 0 amide bonds. The van der Waals surface area contributed by atoms with E-state index in [1.54, 1.807) is 19.2 Å². The number of thiophene rings is 1. The van der Waals surface area contributed by atoms with Gasteiger partial charge in [0.1, 0.15) is 5.82 Å². The molecule has 1 fully saturated rings. The number of hydrogen-bond acceptors (Lipinski definition) is 3. The van der Waals surface area contributed by atoms with E-state index >= 15 is 0 Å². The fourth-order valence-corrected chi connectivity index (χ4v) is 4.85. The van der Waals surface area contributed by atoms with Crippen LogP contribution in [0.25, 0.3) is 10.9 Å². The van der Waals surface area contributed by atoms with Crippen molar-refractivity contribution in [3.63, 3.8) is 0 Å². The SMILES string of the molecule is CN=C(NCCc1c[nH]c2ccc(F)cc12)NCC1CCN(Cc2cccs2)CC1. The van der Waals surface area contributed by atoms with Gasteiger partial charge in [0.15, 0.2) is 5.96 Å². The summed E-state index contributed by atoms with van der Waals surface area (Å²) < 4.78 is 13.5. The molecule has 0 unspecified atom stereocenters. The van der Waals surface area contributed by atoms with Gasteiger partial charge in [0.05, 0.1) is 0 Å². The molecule has 3 N–H and O–H groups in total. The van der Waals surface area contributed by atoms with Crippen LogP contribution in [0.3, 0.4) is 0 Å². The molecule has 4 rings (SSSR count). The van der Waals surface area contributed by atoms with E-state index in [0.29, 0.717) is 5.92 Å². The predicted molar refractivity (Wildman–Crippen MR) is 124 cm³/mol. The minimum atomic E-state index is -0.199. The average molecular weight is 428 g/mol. The Hall–Kier alpha value is -2.38. The number of likely N-dealkylation sites (tertiary alicyclic amines) is 1. The highest BCUT2D eigenvalue weighted by molar-refractivity contribution is 7.09. The summed E-state index contributed by atoms with van der Waals surface area (Å²) in [5.74, 6) is 1.32. The molecule has 0 bridgehead atoms. The van der Waals surface area contributed by atoms with Crippen molar-refractivity contribution < 1.29 is 4.39 Å². The maximum Gasteiger partial charge on any atom is 0.190 e. The lowest BCUT2D eigenvalue weighted by Gasteiger charge is -2.32. The van der Waals surface area contributed by atoms with Gasteiger partial charge in [-0.05, 0) is 73.5 Å². The van der Waals surface area contributed by atoms with Crippen LogP contribution in [0.1, 0.15) is 23.3 Å². The van der Waals surface area contributed by atoms with E-state index in [1.807, 2.05) is 17.5 Å². The third-order valence-corrected chi connectivity index (χ3v) is 6.73. The number of benzene rings is 1. The first-order valence-electron chi connectivity index (χ1n) is 10.7. The number of aliphatic imine (C=N–C) groups is 1. The Morgan fingerprint density at radius 1 is 1.27 bits per heavy atom. The van der Waals surface area contributed by atoms with E-state index in [2.05, 4.69) is 43.0 Å². The van der Waals surface area contributed by atoms with E-state index < -0.39 is 0 Å². The monoisotopic (exact) mass is 427 g/mol. The van der Waals surface area contributed by atoms with Crippen molar-refractivity contribution in [2.75, 3.05) is 33.2 Å². The zero-order valence-electron chi connectivity index (χ0n) is 17.5. The van der Waals surface area contributed by atoms with Crippen molar-refractivity contribution in [1.29, 1.82) is 0 Å². The molecule has 0 radical (unpaired) electrons. The number of piperidine rings is 1. The van der Waals surface area contributed by atoms with Crippen molar-refractivity contribution in [1.82, 2.24) is 20.5 Å². The maximum absolute atomic E-state index is 13.5. The summed E-state index contributed by atoms with van der Waals surface area (Å²) in [7, 11) is 1.81. The van der Waals surface area contributed by atoms with Gasteiger partial charge in [-0.2, -0.15) is 0 Å². The van der Waals surface area contributed by atoms with Crippen molar-refractivity contribution in [2.24, 2.45) is 10.9 Å². The summed E-state index contributed by atoms with van der Waals surface area (Å²) in [6, 6.07) is 9.22. The molecular formula is C23H30FN5S. The summed E-state index contributed by atoms with van der Waals surface area (Å²) in [5.41, 5.74) is 2.09. The van der Waals surface area contributed by atoms with Crippen LogP contribution in [0.15, 0.2) is 46.9 Å². The summed E-state index contributed by atoms with van der Waals surface area (Å²) in [4.78, 5) is 11.6. The number of aromatic nitrogens is 1. The van der Waals surface area contributed by atoms with E-state index in [0.717, 1.165) is 61.6 Å². The number of fused-ring (bicyclic) bond motifs is 1. The Kier molecular flexibility index (Phi) is 7.02. The highest BCUT2D eigenvalue weighted by Gasteiger charge is 2.19. The van der Waals surface area contributed by atoms with Crippen LogP contribution < -0.4 is 10.6 Å². The zero-order valence-corrected chi connectivity index (χ0v) is 18.3. The Morgan fingerprint density at radius 3 is 2.90 bits per heavy atom. The second-order valence-corrected chi connectivity index (χ2v) is 8.96. The fourth-order valence-electron chi connectivity index (χ4n) is 4.11. The smallest absolute Gasteiger partial charge is 0.190 e. The molecule has 1 aromatic carbocycles. The zero-order chi connectivity index (χ0) is 20.8. The minimum absolute atomic E-state index is 0.199. The molecule has 3 heterocycles. The number of nitrogens with one attached hydrogen (secondary N) is 3. The first-order chi connectivity index (χ1) is 14.7. The molecule has 2 aromatic heterocycles. The maximum atomic E-state index is 13.5. The normalized spacial score (nSPS) is 16.3. The van der Waals surface area contributed by atoms with Gasteiger partial charge in [-0.25, -0.2) is 4.39 Å². The molecule has 7 heteroatoms. The van der Waals surface area contributed by atoms with Gasteiger partial charge < -0.3 is 15.6 Å². The number of hydrogen-bond donors (Lipinski definition) is 3. The molecule has 0 saturated carbocycles. The third-order valence-electron chi connectivity index (χ3n) is 5.86. The topological polar surface area (TPSA) is 55.5 Å². The predicted octanol–water partition coefficient (Wildman–Crippen LogP) is 3.99. The summed E-state index contributed by atoms with van der Waals surface area (Å²) in [6.07, 6.45) is 5.21. The van der Waals surface area contributed by atoms with Gasteiger partial charge in [-0.3, -0.25) is 9.89 Å². The van der Waals surface area contributed by atoms with Gasteiger partial charge in [0.25, 0.3) is 0 Å². The molecule has 160 valence electrons. The minimum Gasteiger partial charge on any atom is -0.361 e. The fraction of sp³-hybridized carbons (Fsp3) is 0.435. The summed E-state index contributed by atoms with van der Waals surface area (Å²) in [6.45, 7) is 5.10. The molecule has 5 nitrogen and oxygen atoms in total. The lowest BCUT2D eigenvalue weighted by atomic mass is 9.97. The number of nitrogens with zero attached hydrogens (tertiary/aromatic N) is 2. The first kappa shape index (κ1) is 20.9. The summed E-state index contributed by atoms with van der Waals surface area (Å²) in [5, 5.41) is 9.97. The largest absolute Gasteiger partial charge is 0.361 e. The molecule has 1 aliphatic rings. The second-order valence-electron chi connectivity index (χ2n) is 7.93. The Labute approximate surface area is 181 Å². The van der Waals surface area contributed by atoms with Gasteiger partial charge in [0.2, 0.25) is 0 Å². The molecular weight excluding hydrogens is 397 g/mol. The highest BCUT2D eigenvalue weighted by atomic mass is 32.1. The van der Waals surface area contributed by atoms with Crippen molar-refractivity contribution in [2.45, 2.75) is 25.8 Å². The van der Waals surface area contributed by atoms with Crippen LogP contribution in [0.5, 0.6) is 0 Å². The number of rotatable bonds is 7.